The summed E-state index contributed by atoms with van der Waals surface area (Å²) in [6.45, 7) is 5.43. The molecule has 4 aliphatic rings. The monoisotopic (exact) mass is 488 g/mol. The van der Waals surface area contributed by atoms with Crippen LogP contribution in [0.1, 0.15) is 64.9 Å². The Morgan fingerprint density at radius 1 is 1.03 bits per heavy atom. The molecule has 1 heterocycles. The van der Waals surface area contributed by atoms with E-state index in [0.29, 0.717) is 24.2 Å². The lowest BCUT2D eigenvalue weighted by Gasteiger charge is -2.58. The summed E-state index contributed by atoms with van der Waals surface area (Å²) >= 11 is 0. The van der Waals surface area contributed by atoms with E-state index >= 15 is 0 Å². The summed E-state index contributed by atoms with van der Waals surface area (Å²) in [5.74, 6) is 0.163. The quantitative estimate of drug-likeness (QED) is 0.591. The average molecular weight is 489 g/mol. The molecule has 1 aromatic rings. The van der Waals surface area contributed by atoms with Gasteiger partial charge >= 0.3 is 6.18 Å². The fourth-order valence-corrected chi connectivity index (χ4v) is 8.18. The first-order chi connectivity index (χ1) is 16.4. The van der Waals surface area contributed by atoms with Gasteiger partial charge in [-0.1, -0.05) is 50.3 Å². The van der Waals surface area contributed by atoms with Crippen molar-refractivity contribution in [3.8, 4) is 0 Å². The van der Waals surface area contributed by atoms with Gasteiger partial charge in [0, 0.05) is 17.4 Å². The van der Waals surface area contributed by atoms with Crippen molar-refractivity contribution >= 4 is 11.8 Å². The van der Waals surface area contributed by atoms with E-state index in [0.717, 1.165) is 39.0 Å². The van der Waals surface area contributed by atoms with Crippen LogP contribution in [0.2, 0.25) is 0 Å². The van der Waals surface area contributed by atoms with E-state index in [-0.39, 0.29) is 28.3 Å². The van der Waals surface area contributed by atoms with Crippen molar-refractivity contribution in [1.82, 2.24) is 10.6 Å². The van der Waals surface area contributed by atoms with Crippen LogP contribution < -0.4 is 10.6 Å². The van der Waals surface area contributed by atoms with E-state index in [2.05, 4.69) is 30.6 Å². The van der Waals surface area contributed by atoms with Crippen molar-refractivity contribution in [2.75, 3.05) is 0 Å². The fraction of sp³-hybridized carbons (Fsp3) is 0.643. The highest BCUT2D eigenvalue weighted by atomic mass is 19.4. The van der Waals surface area contributed by atoms with Crippen LogP contribution in [0.25, 0.3) is 0 Å². The lowest BCUT2D eigenvalue weighted by Crippen LogP contribution is -2.60. The number of fused-ring (bicyclic) bond motifs is 5. The lowest BCUT2D eigenvalue weighted by atomic mass is 9.48. The molecule has 7 heteroatoms. The molecule has 3 fully saturated rings. The minimum absolute atomic E-state index is 0.0321. The number of alkyl halides is 3. The summed E-state index contributed by atoms with van der Waals surface area (Å²) in [5.41, 5.74) is -2.82. The van der Waals surface area contributed by atoms with Gasteiger partial charge in [0.05, 0.1) is 0 Å². The van der Waals surface area contributed by atoms with Gasteiger partial charge in [-0.25, -0.2) is 0 Å². The van der Waals surface area contributed by atoms with E-state index in [1.807, 2.05) is 0 Å². The van der Waals surface area contributed by atoms with Crippen molar-refractivity contribution in [1.29, 1.82) is 0 Å². The summed E-state index contributed by atoms with van der Waals surface area (Å²) in [4.78, 5) is 25.5. The summed E-state index contributed by atoms with van der Waals surface area (Å²) in [5, 5.41) is 5.60. The Labute approximate surface area is 205 Å². The van der Waals surface area contributed by atoms with Crippen LogP contribution >= 0.6 is 0 Å². The third-order valence-corrected chi connectivity index (χ3v) is 10.3. The molecule has 0 aromatic heterocycles. The maximum atomic E-state index is 14.3. The Kier molecular flexibility index (Phi) is 5.65. The van der Waals surface area contributed by atoms with E-state index < -0.39 is 23.5 Å². The van der Waals surface area contributed by atoms with Gasteiger partial charge in [0.15, 0.2) is 5.54 Å². The van der Waals surface area contributed by atoms with Crippen LogP contribution in [-0.2, 0) is 15.1 Å². The highest BCUT2D eigenvalue weighted by Crippen LogP contribution is 2.65. The third kappa shape index (κ3) is 3.63. The number of halogens is 3. The minimum atomic E-state index is -4.62. The molecule has 0 saturated heterocycles. The molecule has 5 rings (SSSR count). The van der Waals surface area contributed by atoms with Gasteiger partial charge in [-0.2, -0.15) is 13.2 Å². The molecule has 3 aliphatic carbocycles. The van der Waals surface area contributed by atoms with Crippen LogP contribution in [0.4, 0.5) is 13.2 Å². The van der Waals surface area contributed by atoms with Gasteiger partial charge in [0.25, 0.3) is 0 Å². The minimum Gasteiger partial charge on any atom is -0.349 e. The number of carbonyl (C=O) groups excluding carboxylic acids is 2. The SMILES string of the molecule is CC(NC(=O)[C@@H]1CC[C@@H]2[C@H]3CC[C@H]4NC(=O)C=C[C@]4(C)[C@@H]3CC[C@]21C)(c1ccccc1)C(F)(F)F. The Bertz CT molecular complexity index is 1040. The molecular weight excluding hydrogens is 453 g/mol. The fourth-order valence-electron chi connectivity index (χ4n) is 8.18. The predicted molar refractivity (Wildman–Crippen MR) is 127 cm³/mol. The number of benzene rings is 1. The molecule has 2 N–H and O–H groups in total. The number of hydrogen-bond acceptors (Lipinski definition) is 2. The Morgan fingerprint density at radius 3 is 2.43 bits per heavy atom. The third-order valence-electron chi connectivity index (χ3n) is 10.3. The van der Waals surface area contributed by atoms with Gasteiger partial charge in [0.1, 0.15) is 0 Å². The van der Waals surface area contributed by atoms with E-state index in [9.17, 15) is 22.8 Å². The first-order valence-electron chi connectivity index (χ1n) is 12.8. The summed E-state index contributed by atoms with van der Waals surface area (Å²) < 4.78 is 42.8. The predicted octanol–water partition coefficient (Wildman–Crippen LogP) is 5.49. The molecule has 1 aliphatic heterocycles. The van der Waals surface area contributed by atoms with Crippen molar-refractivity contribution < 1.29 is 22.8 Å². The highest BCUT2D eigenvalue weighted by Gasteiger charge is 2.62. The number of rotatable bonds is 3. The number of hydrogen-bond donors (Lipinski definition) is 2. The van der Waals surface area contributed by atoms with Crippen LogP contribution in [0, 0.1) is 34.5 Å². The molecule has 1 aromatic carbocycles. The van der Waals surface area contributed by atoms with Gasteiger partial charge in [0.2, 0.25) is 11.8 Å². The van der Waals surface area contributed by atoms with Crippen LogP contribution in [0.5, 0.6) is 0 Å². The second-order valence-corrected chi connectivity index (χ2v) is 11.9. The van der Waals surface area contributed by atoms with Crippen molar-refractivity contribution in [2.24, 2.45) is 34.5 Å². The highest BCUT2D eigenvalue weighted by molar-refractivity contribution is 5.89. The lowest BCUT2D eigenvalue weighted by molar-refractivity contribution is -0.199. The summed E-state index contributed by atoms with van der Waals surface area (Å²) in [6, 6.07) is 7.79. The maximum Gasteiger partial charge on any atom is 0.415 e. The van der Waals surface area contributed by atoms with E-state index in [1.54, 1.807) is 24.3 Å². The molecule has 0 radical (unpaired) electrons. The first-order valence-corrected chi connectivity index (χ1v) is 12.8. The van der Waals surface area contributed by atoms with Crippen molar-refractivity contribution in [2.45, 2.75) is 77.1 Å². The number of carbonyl (C=O) groups is 2. The van der Waals surface area contributed by atoms with E-state index in [1.165, 1.54) is 12.1 Å². The Balaban J connectivity index is 1.39. The molecule has 8 atom stereocenters. The second kappa shape index (κ2) is 8.10. The zero-order valence-electron chi connectivity index (χ0n) is 20.6. The molecular formula is C28H35F3N2O2. The summed E-state index contributed by atoms with van der Waals surface area (Å²) in [6.07, 6.45) is 4.22. The smallest absolute Gasteiger partial charge is 0.349 e. The number of amides is 2. The zero-order valence-corrected chi connectivity index (χ0v) is 20.6. The van der Waals surface area contributed by atoms with Crippen LogP contribution in [-0.4, -0.2) is 24.0 Å². The summed E-state index contributed by atoms with van der Waals surface area (Å²) in [7, 11) is 0. The van der Waals surface area contributed by atoms with Gasteiger partial charge in [-0.05, 0) is 80.3 Å². The molecule has 1 unspecified atom stereocenters. The Morgan fingerprint density at radius 2 is 1.74 bits per heavy atom. The zero-order chi connectivity index (χ0) is 25.2. The number of nitrogens with one attached hydrogen (secondary N) is 2. The normalized spacial score (nSPS) is 40.1. The standard InChI is InChI=1S/C28H35F3N2O2/c1-25-15-13-20-18(9-12-22-26(20,2)16-14-23(34)32-22)19(25)10-11-21(25)24(35)33-27(3,28(29,30)31)17-7-5-4-6-8-17/h4-8,14,16,18-22H,9-13,15H2,1-3H3,(H,32,34)(H,33,35)/t18-,19-,20-,21+,22-,25-,26-,27?/m1/s1. The van der Waals surface area contributed by atoms with Gasteiger partial charge < -0.3 is 10.6 Å². The molecule has 35 heavy (non-hydrogen) atoms. The van der Waals surface area contributed by atoms with Crippen LogP contribution in [0.15, 0.2) is 42.5 Å². The van der Waals surface area contributed by atoms with Crippen molar-refractivity contribution in [3.63, 3.8) is 0 Å². The molecule has 0 spiro atoms. The Hall–Kier alpha value is -2.31. The maximum absolute atomic E-state index is 14.3. The first kappa shape index (κ1) is 24.4. The van der Waals surface area contributed by atoms with Gasteiger partial charge in [-0.15, -0.1) is 0 Å². The van der Waals surface area contributed by atoms with Gasteiger partial charge in [-0.3, -0.25) is 9.59 Å². The largest absolute Gasteiger partial charge is 0.415 e. The topological polar surface area (TPSA) is 58.2 Å². The van der Waals surface area contributed by atoms with E-state index in [4.69, 9.17) is 0 Å². The average Bonchev–Trinajstić information content (AvgIpc) is 3.16. The molecule has 3 saturated carbocycles. The molecule has 190 valence electrons. The molecule has 2 amide bonds. The second-order valence-electron chi connectivity index (χ2n) is 11.9. The molecule has 4 nitrogen and oxygen atoms in total. The van der Waals surface area contributed by atoms with Crippen LogP contribution in [0.3, 0.4) is 0 Å². The molecule has 0 bridgehead atoms. The van der Waals surface area contributed by atoms with Crippen molar-refractivity contribution in [3.05, 3.63) is 48.0 Å².